The quantitative estimate of drug-likeness (QED) is 0.0982. The topological polar surface area (TPSA) is 96.6 Å². The Bertz CT molecular complexity index is 987. The van der Waals surface area contributed by atoms with Crippen molar-refractivity contribution in [3.05, 3.63) is 64.9 Å². The van der Waals surface area contributed by atoms with Gasteiger partial charge in [0.15, 0.2) is 0 Å². The van der Waals surface area contributed by atoms with Crippen LogP contribution >= 0.6 is 0 Å². The standard InChI is InChI=1S/C20H25N3O.C11H24O2.C4H10/c1-4-14(2)20(22-13-24)12-16-5-7-17(8-6-16)18-9-10-19(23-21)15(3)11-18;1-5-7-9(3)11(12)8-13-10(4)6-2;1-3-4-2/h5-11,13,23H,4,12,21H2,1-3H3,(H,22,24);9-12H,5-8H2,1-4H3;3-4H2,1-2H3. The maximum absolute atomic E-state index is 10.8. The fourth-order valence-corrected chi connectivity index (χ4v) is 3.83. The lowest BCUT2D eigenvalue weighted by Gasteiger charge is -2.20. The van der Waals surface area contributed by atoms with Crippen molar-refractivity contribution < 1.29 is 14.6 Å². The molecule has 2 rings (SSSR count). The third kappa shape index (κ3) is 15.8. The number of rotatable bonds is 15. The van der Waals surface area contributed by atoms with Gasteiger partial charge in [0.1, 0.15) is 0 Å². The Morgan fingerprint density at radius 2 is 1.59 bits per heavy atom. The summed E-state index contributed by atoms with van der Waals surface area (Å²) in [4.78, 5) is 10.8. The molecule has 2 aromatic carbocycles. The van der Waals surface area contributed by atoms with Crippen molar-refractivity contribution >= 4 is 12.1 Å². The molecule has 6 heteroatoms. The van der Waals surface area contributed by atoms with Crippen LogP contribution in [0.4, 0.5) is 5.69 Å². The largest absolute Gasteiger partial charge is 0.390 e. The van der Waals surface area contributed by atoms with E-state index in [1.165, 1.54) is 24.0 Å². The number of amides is 1. The van der Waals surface area contributed by atoms with Crippen LogP contribution in [0.2, 0.25) is 0 Å². The molecule has 0 spiro atoms. The number of hydrazine groups is 1. The first kappa shape index (κ1) is 38.3. The van der Waals surface area contributed by atoms with Crippen molar-refractivity contribution in [2.75, 3.05) is 12.0 Å². The minimum absolute atomic E-state index is 0.267. The van der Waals surface area contributed by atoms with Gasteiger partial charge in [-0.15, -0.1) is 0 Å². The number of benzene rings is 2. The van der Waals surface area contributed by atoms with Gasteiger partial charge in [-0.05, 0) is 80.3 Å². The fraction of sp³-hybridized carbons (Fsp3) is 0.571. The predicted octanol–water partition coefficient (Wildman–Crippen LogP) is 8.33. The van der Waals surface area contributed by atoms with Crippen molar-refractivity contribution in [2.45, 2.75) is 119 Å². The van der Waals surface area contributed by atoms with Crippen LogP contribution in [0.25, 0.3) is 11.1 Å². The van der Waals surface area contributed by atoms with E-state index in [0.29, 0.717) is 12.5 Å². The van der Waals surface area contributed by atoms with Crippen LogP contribution in [0.15, 0.2) is 53.7 Å². The molecule has 3 unspecified atom stereocenters. The van der Waals surface area contributed by atoms with E-state index in [9.17, 15) is 9.90 Å². The van der Waals surface area contributed by atoms with Crippen LogP contribution < -0.4 is 16.6 Å². The molecule has 41 heavy (non-hydrogen) atoms. The molecule has 0 fully saturated rings. The molecule has 232 valence electrons. The number of hydrogen-bond donors (Lipinski definition) is 4. The number of nitrogen functional groups attached to an aromatic ring is 1. The normalized spacial score (nSPS) is 13.3. The number of allylic oxidation sites excluding steroid dienone is 2. The zero-order valence-corrected chi connectivity index (χ0v) is 27.3. The first-order valence-corrected chi connectivity index (χ1v) is 15.5. The number of carbonyl (C=O) groups is 1. The highest BCUT2D eigenvalue weighted by atomic mass is 16.5. The number of anilines is 1. The van der Waals surface area contributed by atoms with Gasteiger partial charge in [-0.25, -0.2) is 0 Å². The Labute approximate surface area is 251 Å². The first-order valence-electron chi connectivity index (χ1n) is 15.5. The van der Waals surface area contributed by atoms with E-state index in [2.05, 4.69) is 95.6 Å². The number of aryl methyl sites for hydroxylation is 1. The number of nitrogens with one attached hydrogen (secondary N) is 2. The van der Waals surface area contributed by atoms with Gasteiger partial charge in [0.05, 0.1) is 24.5 Å². The van der Waals surface area contributed by atoms with Gasteiger partial charge in [-0.1, -0.05) is 96.7 Å². The molecule has 1 amide bonds. The number of aliphatic hydroxyl groups is 1. The minimum atomic E-state index is -0.297. The maximum atomic E-state index is 10.8. The van der Waals surface area contributed by atoms with Crippen LogP contribution in [0, 0.1) is 12.8 Å². The molecule has 0 saturated heterocycles. The summed E-state index contributed by atoms with van der Waals surface area (Å²) in [5, 5.41) is 12.5. The average Bonchev–Trinajstić information content (AvgIpc) is 2.99. The van der Waals surface area contributed by atoms with E-state index < -0.39 is 0 Å². The summed E-state index contributed by atoms with van der Waals surface area (Å²) in [6.07, 6.45) is 8.22. The van der Waals surface area contributed by atoms with Crippen LogP contribution in [-0.2, 0) is 16.0 Å². The summed E-state index contributed by atoms with van der Waals surface area (Å²) in [5.74, 6) is 5.84. The molecular formula is C35H59N3O3. The number of unbranched alkanes of at least 4 members (excludes halogenated alkanes) is 1. The maximum Gasteiger partial charge on any atom is 0.211 e. The second-order valence-corrected chi connectivity index (χ2v) is 10.8. The monoisotopic (exact) mass is 569 g/mol. The van der Waals surface area contributed by atoms with Crippen molar-refractivity contribution in [1.29, 1.82) is 0 Å². The van der Waals surface area contributed by atoms with E-state index in [1.54, 1.807) is 0 Å². The van der Waals surface area contributed by atoms with Gasteiger partial charge in [-0.3, -0.25) is 10.6 Å². The Balaban J connectivity index is 0.000000792. The number of ether oxygens (including phenoxy) is 1. The van der Waals surface area contributed by atoms with Gasteiger partial charge in [0, 0.05) is 12.1 Å². The van der Waals surface area contributed by atoms with Crippen molar-refractivity contribution in [2.24, 2.45) is 11.8 Å². The van der Waals surface area contributed by atoms with E-state index >= 15 is 0 Å². The Morgan fingerprint density at radius 3 is 2.05 bits per heavy atom. The summed E-state index contributed by atoms with van der Waals surface area (Å²) in [6.45, 7) is 19.4. The second kappa shape index (κ2) is 23.0. The van der Waals surface area contributed by atoms with Gasteiger partial charge in [0.2, 0.25) is 6.41 Å². The fourth-order valence-electron chi connectivity index (χ4n) is 3.83. The lowest BCUT2D eigenvalue weighted by atomic mass is 9.99. The van der Waals surface area contributed by atoms with E-state index in [-0.39, 0.29) is 12.2 Å². The molecule has 3 atom stereocenters. The van der Waals surface area contributed by atoms with Crippen molar-refractivity contribution in [3.63, 3.8) is 0 Å². The molecule has 6 nitrogen and oxygen atoms in total. The number of nitrogens with two attached hydrogens (primary N) is 1. The number of hydrogen-bond acceptors (Lipinski definition) is 5. The molecule has 0 bridgehead atoms. The summed E-state index contributed by atoms with van der Waals surface area (Å²) < 4.78 is 5.47. The van der Waals surface area contributed by atoms with Crippen LogP contribution in [0.1, 0.15) is 105 Å². The molecular weight excluding hydrogens is 510 g/mol. The highest BCUT2D eigenvalue weighted by Crippen LogP contribution is 2.25. The van der Waals surface area contributed by atoms with Crippen LogP contribution in [-0.4, -0.2) is 30.3 Å². The average molecular weight is 570 g/mol. The van der Waals surface area contributed by atoms with E-state index in [1.807, 2.05) is 19.9 Å². The van der Waals surface area contributed by atoms with E-state index in [0.717, 1.165) is 66.6 Å². The summed E-state index contributed by atoms with van der Waals surface area (Å²) in [5.41, 5.74) is 10.4. The predicted molar refractivity (Wildman–Crippen MR) is 177 cm³/mol. The SMILES string of the molecule is CCC(C)=C(Cc1ccc(-c2ccc(NN)c(C)c2)cc1)NC=O.CCCC.CCCC(C)C(O)COC(C)CC. The highest BCUT2D eigenvalue weighted by Gasteiger charge is 2.14. The summed E-state index contributed by atoms with van der Waals surface area (Å²) in [6, 6.07) is 14.6. The second-order valence-electron chi connectivity index (χ2n) is 10.8. The van der Waals surface area contributed by atoms with Gasteiger partial charge in [-0.2, -0.15) is 0 Å². The summed E-state index contributed by atoms with van der Waals surface area (Å²) >= 11 is 0. The number of aliphatic hydroxyl groups excluding tert-OH is 1. The van der Waals surface area contributed by atoms with Gasteiger partial charge in [0.25, 0.3) is 0 Å². The van der Waals surface area contributed by atoms with E-state index in [4.69, 9.17) is 10.6 Å². The Morgan fingerprint density at radius 1 is 0.976 bits per heavy atom. The molecule has 0 aliphatic heterocycles. The minimum Gasteiger partial charge on any atom is -0.390 e. The molecule has 0 aromatic heterocycles. The van der Waals surface area contributed by atoms with Gasteiger partial charge < -0.3 is 20.6 Å². The molecule has 0 aliphatic carbocycles. The lowest BCUT2D eigenvalue weighted by Crippen LogP contribution is -2.25. The zero-order chi connectivity index (χ0) is 31.2. The molecule has 0 radical (unpaired) electrons. The molecule has 2 aromatic rings. The van der Waals surface area contributed by atoms with Crippen molar-refractivity contribution in [3.8, 4) is 11.1 Å². The van der Waals surface area contributed by atoms with Crippen LogP contribution in [0.3, 0.4) is 0 Å². The summed E-state index contributed by atoms with van der Waals surface area (Å²) in [7, 11) is 0. The lowest BCUT2D eigenvalue weighted by molar-refractivity contribution is -0.109. The molecule has 0 aliphatic rings. The first-order chi connectivity index (χ1) is 19.6. The molecule has 0 heterocycles. The zero-order valence-electron chi connectivity index (χ0n) is 27.3. The molecule has 0 saturated carbocycles. The van der Waals surface area contributed by atoms with Crippen LogP contribution in [0.5, 0.6) is 0 Å². The Kier molecular flexibility index (Phi) is 21.5. The Hall–Kier alpha value is -2.67. The molecule has 5 N–H and O–H groups in total. The third-order valence-corrected chi connectivity index (χ3v) is 7.36. The number of carbonyl (C=O) groups excluding carboxylic acids is 1. The third-order valence-electron chi connectivity index (χ3n) is 7.36. The van der Waals surface area contributed by atoms with Gasteiger partial charge >= 0.3 is 0 Å². The van der Waals surface area contributed by atoms with Crippen molar-refractivity contribution in [1.82, 2.24) is 5.32 Å². The smallest absolute Gasteiger partial charge is 0.211 e. The highest BCUT2D eigenvalue weighted by molar-refractivity contribution is 5.68.